The second-order valence-electron chi connectivity index (χ2n) is 1.94. The molecule has 0 fully saturated rings. The summed E-state index contributed by atoms with van der Waals surface area (Å²) in [4.78, 5) is 25.8. The van der Waals surface area contributed by atoms with Gasteiger partial charge in [0.1, 0.15) is 5.82 Å². The van der Waals surface area contributed by atoms with Gasteiger partial charge in [0.05, 0.1) is 9.40 Å². The van der Waals surface area contributed by atoms with Crippen LogP contribution in [-0.4, -0.2) is 11.1 Å². The smallest absolute Gasteiger partial charge is 0.258 e. The third kappa shape index (κ3) is 3.88. The maximum Gasteiger partial charge on any atom is 0.373 e. The number of hydrogen-bond donors (Lipinski definition) is 0. The third-order valence-corrected chi connectivity index (χ3v) is 1.72. The van der Waals surface area contributed by atoms with E-state index in [0.29, 0.717) is 0 Å². The quantitative estimate of drug-likeness (QED) is 0.573. The van der Waals surface area contributed by atoms with E-state index in [9.17, 15) is 14.5 Å². The van der Waals surface area contributed by atoms with E-state index in [1.807, 2.05) is 0 Å². The van der Waals surface area contributed by atoms with Crippen LogP contribution in [0.3, 0.4) is 0 Å². The molecule has 0 aliphatic heterocycles. The first-order valence-electron chi connectivity index (χ1n) is 3.11. The number of nitrogens with zero attached hydrogens (tertiary/aromatic N) is 1. The van der Waals surface area contributed by atoms with E-state index >= 15 is 0 Å². The molecule has 5 nitrogen and oxygen atoms in total. The topological polar surface area (TPSA) is 77.3 Å². The van der Waals surface area contributed by atoms with Crippen molar-refractivity contribution >= 4 is 27.8 Å². The minimum atomic E-state index is -0.579. The van der Waals surface area contributed by atoms with Crippen molar-refractivity contribution in [3.8, 4) is 0 Å². The van der Waals surface area contributed by atoms with E-state index in [1.165, 1.54) is 0 Å². The molecule has 1 aromatic rings. The molecule has 0 saturated heterocycles. The molecular formula is C7H3BrFNO4. The van der Waals surface area contributed by atoms with Crippen LogP contribution in [0.5, 0.6) is 0 Å². The van der Waals surface area contributed by atoms with Crippen molar-refractivity contribution in [3.05, 3.63) is 38.6 Å². The molecule has 0 amide bonds. The molecule has 0 aliphatic rings. The van der Waals surface area contributed by atoms with Gasteiger partial charge in [-0.05, 0) is 22.0 Å². The summed E-state index contributed by atoms with van der Waals surface area (Å²) in [6.45, 7) is 0. The zero-order chi connectivity index (χ0) is 11.1. The van der Waals surface area contributed by atoms with E-state index in [-0.39, 0.29) is 16.3 Å². The predicted molar refractivity (Wildman–Crippen MR) is 45.8 cm³/mol. The molecule has 0 radical (unpaired) electrons. The summed E-state index contributed by atoms with van der Waals surface area (Å²) in [7, 11) is 0. The van der Waals surface area contributed by atoms with Gasteiger partial charge in [0.15, 0.2) is 0 Å². The van der Waals surface area contributed by atoms with Crippen LogP contribution >= 0.6 is 15.9 Å². The van der Waals surface area contributed by atoms with Crippen molar-refractivity contribution in [2.45, 2.75) is 0 Å². The summed E-state index contributed by atoms with van der Waals surface area (Å²) in [5.74, 6) is -0.504. The first-order valence-corrected chi connectivity index (χ1v) is 3.91. The minimum absolute atomic E-state index is 0.103. The van der Waals surface area contributed by atoms with Gasteiger partial charge in [-0.25, -0.2) is 4.39 Å². The van der Waals surface area contributed by atoms with E-state index in [4.69, 9.17) is 9.59 Å². The van der Waals surface area contributed by atoms with Gasteiger partial charge in [-0.3, -0.25) is 10.1 Å². The molecule has 0 bridgehead atoms. The van der Waals surface area contributed by atoms with E-state index in [1.54, 1.807) is 0 Å². The van der Waals surface area contributed by atoms with Crippen LogP contribution in [0, 0.1) is 15.9 Å². The van der Waals surface area contributed by atoms with Gasteiger partial charge in [0.25, 0.3) is 5.69 Å². The largest absolute Gasteiger partial charge is 0.373 e. The molecule has 0 aromatic heterocycles. The lowest BCUT2D eigenvalue weighted by molar-refractivity contribution is -0.385. The molecule has 1 aromatic carbocycles. The maximum atomic E-state index is 12.5. The SMILES string of the molecule is O=C=O.O=[N+]([O-])c1ccc(F)c(Br)c1. The summed E-state index contributed by atoms with van der Waals surface area (Å²) >= 11 is 2.83. The number of benzene rings is 1. The average molecular weight is 264 g/mol. The van der Waals surface area contributed by atoms with Gasteiger partial charge in [-0.15, -0.1) is 0 Å². The normalized spacial score (nSPS) is 8.14. The molecule has 7 heteroatoms. The third-order valence-electron chi connectivity index (χ3n) is 1.11. The van der Waals surface area contributed by atoms with Gasteiger partial charge >= 0.3 is 6.15 Å². The van der Waals surface area contributed by atoms with Crippen LogP contribution in [0.1, 0.15) is 0 Å². The fraction of sp³-hybridized carbons (Fsp3) is 0. The van der Waals surface area contributed by atoms with Crippen LogP contribution in [-0.2, 0) is 9.59 Å². The molecule has 74 valence electrons. The second kappa shape index (κ2) is 5.95. The van der Waals surface area contributed by atoms with Crippen molar-refractivity contribution in [2.75, 3.05) is 0 Å². The highest BCUT2D eigenvalue weighted by Crippen LogP contribution is 2.20. The lowest BCUT2D eigenvalue weighted by Gasteiger charge is -1.92. The average Bonchev–Trinajstić information content (AvgIpc) is 2.10. The number of hydrogen-bond acceptors (Lipinski definition) is 4. The van der Waals surface area contributed by atoms with Crippen molar-refractivity contribution in [1.29, 1.82) is 0 Å². The van der Waals surface area contributed by atoms with Crippen molar-refractivity contribution in [1.82, 2.24) is 0 Å². The summed E-state index contributed by atoms with van der Waals surface area (Å²) < 4.78 is 12.6. The Morgan fingerprint density at radius 3 is 2.29 bits per heavy atom. The Morgan fingerprint density at radius 2 is 1.93 bits per heavy atom. The summed E-state index contributed by atoms with van der Waals surface area (Å²) in [6, 6.07) is 3.28. The number of non-ortho nitro benzene ring substituents is 1. The van der Waals surface area contributed by atoms with Gasteiger partial charge in [-0.2, -0.15) is 9.59 Å². The first-order chi connectivity index (χ1) is 6.52. The molecule has 0 heterocycles. The molecule has 0 spiro atoms. The van der Waals surface area contributed by atoms with E-state index in [2.05, 4.69) is 15.9 Å². The van der Waals surface area contributed by atoms with Crippen LogP contribution in [0.4, 0.5) is 10.1 Å². The summed E-state index contributed by atoms with van der Waals surface area (Å²) in [6.07, 6.45) is 0.250. The highest BCUT2D eigenvalue weighted by molar-refractivity contribution is 9.10. The number of carbonyl (C=O) groups excluding carboxylic acids is 2. The molecule has 14 heavy (non-hydrogen) atoms. The van der Waals surface area contributed by atoms with Crippen LogP contribution < -0.4 is 0 Å². The molecule has 0 unspecified atom stereocenters. The van der Waals surface area contributed by atoms with Crippen LogP contribution in [0.15, 0.2) is 22.7 Å². The Labute approximate surface area is 85.8 Å². The molecule has 1 rings (SSSR count). The Bertz CT molecular complexity index is 376. The fourth-order valence-corrected chi connectivity index (χ4v) is 0.965. The van der Waals surface area contributed by atoms with Crippen molar-refractivity contribution in [3.63, 3.8) is 0 Å². The number of nitro groups is 1. The Balaban J connectivity index is 0.000000500. The lowest BCUT2D eigenvalue weighted by Crippen LogP contribution is -1.88. The predicted octanol–water partition coefficient (Wildman–Crippen LogP) is 1.91. The maximum absolute atomic E-state index is 12.5. The monoisotopic (exact) mass is 263 g/mol. The van der Waals surface area contributed by atoms with Crippen LogP contribution in [0.25, 0.3) is 0 Å². The Kier molecular flexibility index (Phi) is 5.28. The zero-order valence-corrected chi connectivity index (χ0v) is 8.15. The van der Waals surface area contributed by atoms with E-state index in [0.717, 1.165) is 18.2 Å². The lowest BCUT2D eigenvalue weighted by atomic mass is 10.3. The van der Waals surface area contributed by atoms with Crippen molar-refractivity contribution in [2.24, 2.45) is 0 Å². The molecule has 0 saturated carbocycles. The van der Waals surface area contributed by atoms with Crippen molar-refractivity contribution < 1.29 is 18.9 Å². The standard InChI is InChI=1S/C6H3BrFNO2.CO2/c7-5-3-4(9(10)11)1-2-6(5)8;2-1-3/h1-3H;. The van der Waals surface area contributed by atoms with Crippen LogP contribution in [0.2, 0.25) is 0 Å². The second-order valence-corrected chi connectivity index (χ2v) is 2.79. The molecule has 0 atom stereocenters. The minimum Gasteiger partial charge on any atom is -0.258 e. The van der Waals surface area contributed by atoms with Gasteiger partial charge in [-0.1, -0.05) is 0 Å². The Hall–Kier alpha value is -1.59. The molecule has 0 aliphatic carbocycles. The Morgan fingerprint density at radius 1 is 1.43 bits per heavy atom. The highest BCUT2D eigenvalue weighted by Gasteiger charge is 2.07. The first kappa shape index (κ1) is 12.4. The zero-order valence-electron chi connectivity index (χ0n) is 6.57. The summed E-state index contributed by atoms with van der Waals surface area (Å²) in [5.41, 5.74) is -0.127. The fourth-order valence-electron chi connectivity index (χ4n) is 0.599. The molecular weight excluding hydrogens is 261 g/mol. The highest BCUT2D eigenvalue weighted by atomic mass is 79.9. The van der Waals surface area contributed by atoms with Gasteiger partial charge in [0, 0.05) is 12.1 Å². The molecule has 0 N–H and O–H groups in total. The van der Waals surface area contributed by atoms with Gasteiger partial charge < -0.3 is 0 Å². The number of nitro benzene ring substituents is 1. The number of rotatable bonds is 1. The van der Waals surface area contributed by atoms with Gasteiger partial charge in [0.2, 0.25) is 0 Å². The number of halogens is 2. The summed E-state index contributed by atoms with van der Waals surface area (Å²) in [5, 5.41) is 10.1. The van der Waals surface area contributed by atoms with E-state index < -0.39 is 10.7 Å².